The number of Topliss-reactive ketones (excluding diaryl/α,β-unsaturated/α-hetero) is 2. The van der Waals surface area contributed by atoms with Gasteiger partial charge in [0.15, 0.2) is 11.6 Å². The predicted octanol–water partition coefficient (Wildman–Crippen LogP) is 5.13. The summed E-state index contributed by atoms with van der Waals surface area (Å²) >= 11 is 0. The van der Waals surface area contributed by atoms with Crippen molar-refractivity contribution < 1.29 is 28.7 Å². The van der Waals surface area contributed by atoms with Crippen LogP contribution in [0.2, 0.25) is 0 Å². The van der Waals surface area contributed by atoms with E-state index in [2.05, 4.69) is 34.9 Å². The van der Waals surface area contributed by atoms with Crippen molar-refractivity contribution >= 4 is 23.6 Å². The molecule has 1 saturated heterocycles. The number of carbonyl (C=O) groups is 4. The molecule has 3 aliphatic rings. The molecule has 2 aromatic rings. The number of carbonyl (C=O) groups excluding carboxylic acids is 4. The second-order valence-corrected chi connectivity index (χ2v) is 13.1. The number of nitrogens with one attached hydrogen (secondary N) is 2. The van der Waals surface area contributed by atoms with Crippen LogP contribution >= 0.6 is 0 Å². The van der Waals surface area contributed by atoms with E-state index in [0.29, 0.717) is 69.8 Å². The second kappa shape index (κ2) is 14.4. The smallest absolute Gasteiger partial charge is 0.407 e. The number of alkyl carbamates (subject to hydrolysis) is 1. The molecule has 45 heavy (non-hydrogen) atoms. The van der Waals surface area contributed by atoms with E-state index in [4.69, 9.17) is 9.47 Å². The maximum absolute atomic E-state index is 13.4. The summed E-state index contributed by atoms with van der Waals surface area (Å²) in [4.78, 5) is 53.4. The van der Waals surface area contributed by atoms with Gasteiger partial charge in [0.2, 0.25) is 5.91 Å². The summed E-state index contributed by atoms with van der Waals surface area (Å²) in [7, 11) is 0. The molecule has 0 bridgehead atoms. The number of benzene rings is 2. The fraction of sp³-hybridized carbons (Fsp3) is 0.500. The van der Waals surface area contributed by atoms with Crippen LogP contribution in [0.1, 0.15) is 76.3 Å². The summed E-state index contributed by atoms with van der Waals surface area (Å²) in [6, 6.07) is 15.7. The van der Waals surface area contributed by atoms with Crippen molar-refractivity contribution in [1.29, 1.82) is 0 Å². The Balaban J connectivity index is 1.13. The summed E-state index contributed by atoms with van der Waals surface area (Å²) in [6.07, 6.45) is 2.95. The predicted molar refractivity (Wildman–Crippen MR) is 172 cm³/mol. The van der Waals surface area contributed by atoms with E-state index in [1.54, 1.807) is 11.8 Å². The minimum Gasteiger partial charge on any atom is -0.449 e. The minimum atomic E-state index is -0.698. The van der Waals surface area contributed by atoms with E-state index in [1.807, 2.05) is 38.1 Å². The Morgan fingerprint density at radius 2 is 1.53 bits per heavy atom. The number of unbranched alkanes of at least 4 members (excludes halogenated alkanes) is 2. The molecule has 0 spiro atoms. The van der Waals surface area contributed by atoms with Gasteiger partial charge in [0, 0.05) is 44.1 Å². The highest BCUT2D eigenvalue weighted by atomic mass is 16.5. The Kier molecular flexibility index (Phi) is 10.4. The van der Waals surface area contributed by atoms with Crippen molar-refractivity contribution in [2.24, 2.45) is 5.41 Å². The van der Waals surface area contributed by atoms with Crippen molar-refractivity contribution in [3.63, 3.8) is 0 Å². The van der Waals surface area contributed by atoms with Crippen LogP contribution in [-0.2, 0) is 23.9 Å². The van der Waals surface area contributed by atoms with Crippen LogP contribution in [0.5, 0.6) is 0 Å². The Bertz CT molecular complexity index is 1390. The summed E-state index contributed by atoms with van der Waals surface area (Å²) in [5.74, 6) is -0.369. The summed E-state index contributed by atoms with van der Waals surface area (Å²) in [6.45, 7) is 8.42. The van der Waals surface area contributed by atoms with Gasteiger partial charge in [-0.2, -0.15) is 0 Å². The highest BCUT2D eigenvalue weighted by Crippen LogP contribution is 2.44. The molecule has 2 aliphatic carbocycles. The van der Waals surface area contributed by atoms with E-state index < -0.39 is 12.1 Å². The molecule has 240 valence electrons. The summed E-state index contributed by atoms with van der Waals surface area (Å²) in [5.41, 5.74) is 5.23. The topological polar surface area (TPSA) is 114 Å². The number of hydrogen-bond acceptors (Lipinski definition) is 7. The fourth-order valence-corrected chi connectivity index (χ4v) is 6.74. The molecule has 0 radical (unpaired) electrons. The average Bonchev–Trinajstić information content (AvgIpc) is 3.33. The first kappa shape index (κ1) is 32.4. The molecule has 1 atom stereocenters. The highest BCUT2D eigenvalue weighted by molar-refractivity contribution is 6.22. The molecule has 0 unspecified atom stereocenters. The Labute approximate surface area is 265 Å². The molecule has 5 rings (SSSR count). The molecule has 9 heteroatoms. The van der Waals surface area contributed by atoms with Gasteiger partial charge in [0.25, 0.3) is 0 Å². The van der Waals surface area contributed by atoms with Gasteiger partial charge in [-0.15, -0.1) is 0 Å². The highest BCUT2D eigenvalue weighted by Gasteiger charge is 2.37. The van der Waals surface area contributed by atoms with E-state index >= 15 is 0 Å². The Hall–Kier alpha value is -3.98. The van der Waals surface area contributed by atoms with E-state index in [0.717, 1.165) is 35.1 Å². The first-order valence-electron chi connectivity index (χ1n) is 16.1. The molecular weight excluding hydrogens is 570 g/mol. The summed E-state index contributed by atoms with van der Waals surface area (Å²) < 4.78 is 11.2. The third kappa shape index (κ3) is 7.82. The monoisotopic (exact) mass is 615 g/mol. The molecule has 2 aromatic carbocycles. The average molecular weight is 616 g/mol. The number of ether oxygens (including phenoxy) is 2. The van der Waals surface area contributed by atoms with Gasteiger partial charge in [-0.05, 0) is 47.4 Å². The lowest BCUT2D eigenvalue weighted by Crippen LogP contribution is -2.52. The van der Waals surface area contributed by atoms with E-state index in [1.165, 1.54) is 0 Å². The third-order valence-electron chi connectivity index (χ3n) is 9.03. The molecule has 1 saturated carbocycles. The minimum absolute atomic E-state index is 0.0619. The first-order valence-corrected chi connectivity index (χ1v) is 16.1. The van der Waals surface area contributed by atoms with Crippen LogP contribution in [0.15, 0.2) is 59.8 Å². The van der Waals surface area contributed by atoms with E-state index in [9.17, 15) is 19.2 Å². The normalized spacial score (nSPS) is 18.2. The van der Waals surface area contributed by atoms with Crippen LogP contribution in [0.3, 0.4) is 0 Å². The zero-order chi connectivity index (χ0) is 32.0. The van der Waals surface area contributed by atoms with Gasteiger partial charge in [0.05, 0.1) is 18.8 Å². The van der Waals surface area contributed by atoms with Gasteiger partial charge in [-0.3, -0.25) is 14.4 Å². The molecule has 1 heterocycles. The van der Waals surface area contributed by atoms with Crippen LogP contribution in [-0.4, -0.2) is 74.0 Å². The van der Waals surface area contributed by atoms with Crippen molar-refractivity contribution in [1.82, 2.24) is 15.5 Å². The molecule has 2 amide bonds. The zero-order valence-corrected chi connectivity index (χ0v) is 26.7. The number of nitrogens with zero attached hydrogens (tertiary/aromatic N) is 1. The van der Waals surface area contributed by atoms with E-state index in [-0.39, 0.29) is 35.4 Å². The third-order valence-corrected chi connectivity index (χ3v) is 9.03. The quantitative estimate of drug-likeness (QED) is 0.205. The lowest BCUT2D eigenvalue weighted by Gasteiger charge is -2.30. The van der Waals surface area contributed by atoms with Crippen LogP contribution in [0.4, 0.5) is 4.79 Å². The number of ketones is 2. The van der Waals surface area contributed by atoms with Crippen molar-refractivity contribution in [3.8, 4) is 11.1 Å². The van der Waals surface area contributed by atoms with Gasteiger partial charge in [-0.25, -0.2) is 4.79 Å². The van der Waals surface area contributed by atoms with Crippen LogP contribution in [0, 0.1) is 5.41 Å². The molecule has 0 aromatic heterocycles. The molecule has 9 nitrogen and oxygen atoms in total. The lowest BCUT2D eigenvalue weighted by molar-refractivity contribution is -0.137. The molecule has 2 fully saturated rings. The maximum Gasteiger partial charge on any atom is 0.407 e. The van der Waals surface area contributed by atoms with Crippen LogP contribution < -0.4 is 10.6 Å². The first-order chi connectivity index (χ1) is 21.6. The van der Waals surface area contributed by atoms with Gasteiger partial charge in [-0.1, -0.05) is 75.2 Å². The number of rotatable bonds is 11. The Morgan fingerprint density at radius 3 is 2.16 bits per heavy atom. The maximum atomic E-state index is 13.4. The standard InChI is InChI=1S/C36H45N3O6/c1-24(33-31(40)21-36(2,3)22-32(33)41)37-16-10-4-5-15-30(34(42)39-17-19-44-20-18-39)38-35(43)45-23-29-27-13-8-6-11-25(27)26-12-7-9-14-28(26)29/h6-9,11-14,29-30,37H,4-5,10,15-23H2,1-3H3,(H,38,43)/t30-/m1/s1. The number of hydrogen-bond donors (Lipinski definition) is 2. The van der Waals surface area contributed by atoms with Crippen LogP contribution in [0.25, 0.3) is 11.1 Å². The Morgan fingerprint density at radius 1 is 0.933 bits per heavy atom. The van der Waals surface area contributed by atoms with Gasteiger partial charge < -0.3 is 25.0 Å². The largest absolute Gasteiger partial charge is 0.449 e. The fourth-order valence-electron chi connectivity index (χ4n) is 6.74. The van der Waals surface area contributed by atoms with Gasteiger partial charge in [0.1, 0.15) is 12.6 Å². The molecule has 1 aliphatic heterocycles. The number of amides is 2. The van der Waals surface area contributed by atoms with Crippen molar-refractivity contribution in [3.05, 3.63) is 70.9 Å². The van der Waals surface area contributed by atoms with Gasteiger partial charge >= 0.3 is 6.09 Å². The SMILES string of the molecule is CC(NCCCCC[C@@H](NC(=O)OCC1c2ccccc2-c2ccccc21)C(=O)N1CCOCC1)=C1C(=O)CC(C)(C)CC1=O. The molecular formula is C36H45N3O6. The lowest BCUT2D eigenvalue weighted by atomic mass is 9.73. The molecule has 2 N–H and O–H groups in total. The zero-order valence-electron chi connectivity index (χ0n) is 26.7. The summed E-state index contributed by atoms with van der Waals surface area (Å²) in [5, 5.41) is 6.12. The van der Waals surface area contributed by atoms with Crippen molar-refractivity contribution in [2.45, 2.75) is 71.3 Å². The number of fused-ring (bicyclic) bond motifs is 3. The number of allylic oxidation sites excluding steroid dienone is 2. The second-order valence-electron chi connectivity index (χ2n) is 13.1. The van der Waals surface area contributed by atoms with Crippen molar-refractivity contribution in [2.75, 3.05) is 39.5 Å². The number of morpholine rings is 1.